The predicted molar refractivity (Wildman–Crippen MR) is 32.8 cm³/mol. The van der Waals surface area contributed by atoms with Crippen molar-refractivity contribution in [2.75, 3.05) is 0 Å². The largest absolute Gasteiger partial charge is 0.491 e. The Morgan fingerprint density at radius 2 is 2.50 bits per heavy atom. The van der Waals surface area contributed by atoms with Gasteiger partial charge in [-0.05, 0) is 13.8 Å². The van der Waals surface area contributed by atoms with E-state index in [4.69, 9.17) is 4.74 Å². The van der Waals surface area contributed by atoms with E-state index in [1.165, 1.54) is 0 Å². The van der Waals surface area contributed by atoms with E-state index in [1.54, 1.807) is 12.5 Å². The van der Waals surface area contributed by atoms with Gasteiger partial charge in [0.2, 0.25) is 0 Å². The topological polar surface area (TPSA) is 21.6 Å². The van der Waals surface area contributed by atoms with Gasteiger partial charge >= 0.3 is 0 Å². The summed E-state index contributed by atoms with van der Waals surface area (Å²) in [5.41, 5.74) is 1.03. The first-order valence-electron chi connectivity index (χ1n) is 2.65. The fourth-order valence-electron chi connectivity index (χ4n) is 0.504. The van der Waals surface area contributed by atoms with Gasteiger partial charge in [-0.15, -0.1) is 0 Å². The van der Waals surface area contributed by atoms with Crippen LogP contribution in [-0.4, -0.2) is 11.8 Å². The van der Waals surface area contributed by atoms with E-state index in [9.17, 15) is 0 Å². The van der Waals surface area contributed by atoms with Crippen LogP contribution in [0.3, 0.4) is 0 Å². The Morgan fingerprint density at radius 3 is 2.88 bits per heavy atom. The minimum absolute atomic E-state index is 0.167. The van der Waals surface area contributed by atoms with E-state index in [0.29, 0.717) is 0 Å². The number of nitrogens with zero attached hydrogens (tertiary/aromatic N) is 1. The highest BCUT2D eigenvalue weighted by Gasteiger charge is 2.05. The van der Waals surface area contributed by atoms with Crippen LogP contribution < -0.4 is 0 Å². The molecule has 0 aliphatic carbocycles. The Morgan fingerprint density at radius 1 is 1.75 bits per heavy atom. The van der Waals surface area contributed by atoms with Crippen LogP contribution in [0.5, 0.6) is 0 Å². The highest BCUT2D eigenvalue weighted by atomic mass is 16.5. The molecular formula is C6H9NO. The summed E-state index contributed by atoms with van der Waals surface area (Å²) >= 11 is 0. The normalized spacial score (nSPS) is 26.8. The molecule has 0 N–H and O–H groups in total. The second kappa shape index (κ2) is 1.99. The van der Waals surface area contributed by atoms with Crippen LogP contribution in [-0.2, 0) is 4.74 Å². The molecular weight excluding hydrogens is 102 g/mol. The van der Waals surface area contributed by atoms with Crippen molar-refractivity contribution in [3.8, 4) is 0 Å². The summed E-state index contributed by atoms with van der Waals surface area (Å²) in [6, 6.07) is 0. The Balaban J connectivity index is 2.66. The van der Waals surface area contributed by atoms with Crippen molar-refractivity contribution >= 4 is 5.71 Å². The molecule has 0 spiro atoms. The monoisotopic (exact) mass is 111 g/mol. The molecule has 1 unspecified atom stereocenters. The first kappa shape index (κ1) is 5.35. The maximum Gasteiger partial charge on any atom is 0.133 e. The van der Waals surface area contributed by atoms with Crippen molar-refractivity contribution in [3.05, 3.63) is 12.5 Å². The van der Waals surface area contributed by atoms with E-state index in [0.717, 1.165) is 5.71 Å². The van der Waals surface area contributed by atoms with Gasteiger partial charge < -0.3 is 4.74 Å². The molecule has 0 fully saturated rings. The van der Waals surface area contributed by atoms with Gasteiger partial charge in [-0.2, -0.15) is 0 Å². The fourth-order valence-corrected chi connectivity index (χ4v) is 0.504. The van der Waals surface area contributed by atoms with E-state index >= 15 is 0 Å². The molecule has 0 aromatic heterocycles. The summed E-state index contributed by atoms with van der Waals surface area (Å²) in [5.74, 6) is 0. The SMILES string of the molecule is CC1=NC=COC1C. The van der Waals surface area contributed by atoms with Gasteiger partial charge in [0.15, 0.2) is 0 Å². The van der Waals surface area contributed by atoms with Crippen molar-refractivity contribution in [3.63, 3.8) is 0 Å². The first-order chi connectivity index (χ1) is 3.80. The van der Waals surface area contributed by atoms with E-state index < -0.39 is 0 Å². The molecule has 0 aromatic rings. The molecule has 0 radical (unpaired) electrons. The summed E-state index contributed by atoms with van der Waals surface area (Å²) in [7, 11) is 0. The summed E-state index contributed by atoms with van der Waals surface area (Å²) in [4.78, 5) is 4.02. The van der Waals surface area contributed by atoms with Crippen molar-refractivity contribution in [1.29, 1.82) is 0 Å². The average Bonchev–Trinajstić information content (AvgIpc) is 1.77. The van der Waals surface area contributed by atoms with Crippen molar-refractivity contribution < 1.29 is 4.74 Å². The highest BCUT2D eigenvalue weighted by molar-refractivity contribution is 5.87. The summed E-state index contributed by atoms with van der Waals surface area (Å²) in [6.45, 7) is 3.93. The maximum absolute atomic E-state index is 5.08. The van der Waals surface area contributed by atoms with Crippen LogP contribution in [0.15, 0.2) is 17.5 Å². The van der Waals surface area contributed by atoms with Gasteiger partial charge in [-0.1, -0.05) is 0 Å². The van der Waals surface area contributed by atoms with Crippen molar-refractivity contribution in [2.24, 2.45) is 4.99 Å². The third-order valence-corrected chi connectivity index (χ3v) is 1.21. The lowest BCUT2D eigenvalue weighted by atomic mass is 10.3. The number of hydrogen-bond acceptors (Lipinski definition) is 2. The zero-order valence-electron chi connectivity index (χ0n) is 5.09. The minimum atomic E-state index is 0.167. The zero-order chi connectivity index (χ0) is 5.98. The van der Waals surface area contributed by atoms with Gasteiger partial charge in [0.05, 0.1) is 11.9 Å². The van der Waals surface area contributed by atoms with Gasteiger partial charge in [0.1, 0.15) is 12.4 Å². The minimum Gasteiger partial charge on any atom is -0.491 e. The summed E-state index contributed by atoms with van der Waals surface area (Å²) in [6.07, 6.45) is 3.44. The molecule has 0 aromatic carbocycles. The molecule has 1 heterocycles. The third-order valence-electron chi connectivity index (χ3n) is 1.21. The number of aliphatic imine (C=N–C) groups is 1. The lowest BCUT2D eigenvalue weighted by Gasteiger charge is -2.12. The van der Waals surface area contributed by atoms with Crippen LogP contribution >= 0.6 is 0 Å². The van der Waals surface area contributed by atoms with E-state index in [1.807, 2.05) is 13.8 Å². The number of hydrogen-bond donors (Lipinski definition) is 0. The second-order valence-corrected chi connectivity index (χ2v) is 1.83. The molecule has 1 atom stereocenters. The number of ether oxygens (including phenoxy) is 1. The maximum atomic E-state index is 5.08. The average molecular weight is 111 g/mol. The van der Waals surface area contributed by atoms with Crippen molar-refractivity contribution in [2.45, 2.75) is 20.0 Å². The molecule has 44 valence electrons. The van der Waals surface area contributed by atoms with Crippen molar-refractivity contribution in [1.82, 2.24) is 0 Å². The molecule has 1 aliphatic rings. The molecule has 0 saturated heterocycles. The Kier molecular flexibility index (Phi) is 1.33. The van der Waals surface area contributed by atoms with Gasteiger partial charge in [0, 0.05) is 0 Å². The summed E-state index contributed by atoms with van der Waals surface area (Å²) < 4.78 is 5.08. The Labute approximate surface area is 48.9 Å². The van der Waals surface area contributed by atoms with Gasteiger partial charge in [-0.3, -0.25) is 4.99 Å². The molecule has 8 heavy (non-hydrogen) atoms. The quantitative estimate of drug-likeness (QED) is 0.462. The molecule has 2 nitrogen and oxygen atoms in total. The molecule has 1 aliphatic heterocycles. The third kappa shape index (κ3) is 0.886. The fraction of sp³-hybridized carbons (Fsp3) is 0.500. The molecule has 1 rings (SSSR count). The van der Waals surface area contributed by atoms with Crippen LogP contribution in [0.25, 0.3) is 0 Å². The first-order valence-corrected chi connectivity index (χ1v) is 2.65. The Hall–Kier alpha value is -0.790. The smallest absolute Gasteiger partial charge is 0.133 e. The lowest BCUT2D eigenvalue weighted by Crippen LogP contribution is -2.16. The Bertz CT molecular complexity index is 137. The van der Waals surface area contributed by atoms with Gasteiger partial charge in [0.25, 0.3) is 0 Å². The van der Waals surface area contributed by atoms with Crippen LogP contribution in [0, 0.1) is 0 Å². The van der Waals surface area contributed by atoms with Gasteiger partial charge in [-0.25, -0.2) is 0 Å². The standard InChI is InChI=1S/C6H9NO/c1-5-6(2)8-4-3-7-5/h3-4,6H,1-2H3. The predicted octanol–water partition coefficient (Wildman–Crippen LogP) is 1.34. The zero-order valence-corrected chi connectivity index (χ0v) is 5.09. The highest BCUT2D eigenvalue weighted by Crippen LogP contribution is 2.00. The van der Waals surface area contributed by atoms with E-state index in [-0.39, 0.29) is 6.10 Å². The summed E-state index contributed by atoms with van der Waals surface area (Å²) in [5, 5.41) is 0. The molecule has 2 heteroatoms. The van der Waals surface area contributed by atoms with Crippen LogP contribution in [0.1, 0.15) is 13.8 Å². The van der Waals surface area contributed by atoms with Crippen LogP contribution in [0.2, 0.25) is 0 Å². The molecule has 0 bridgehead atoms. The lowest BCUT2D eigenvalue weighted by molar-refractivity contribution is 0.214. The van der Waals surface area contributed by atoms with E-state index in [2.05, 4.69) is 4.99 Å². The second-order valence-electron chi connectivity index (χ2n) is 1.83. The number of rotatable bonds is 0. The van der Waals surface area contributed by atoms with Crippen LogP contribution in [0.4, 0.5) is 0 Å². The molecule has 0 saturated carbocycles. The molecule has 0 amide bonds.